The molecule has 0 radical (unpaired) electrons. The number of carboxylic acids is 1. The predicted molar refractivity (Wildman–Crippen MR) is 82.2 cm³/mol. The van der Waals surface area contributed by atoms with Gasteiger partial charge >= 0.3 is 5.97 Å². The minimum Gasteiger partial charge on any atom is -0.478 e. The van der Waals surface area contributed by atoms with E-state index in [2.05, 4.69) is 30.9 Å². The van der Waals surface area contributed by atoms with Gasteiger partial charge in [0.05, 0.1) is 22.5 Å². The number of hydrogen-bond acceptors (Lipinski definition) is 4. The number of rotatable bonds is 2. The highest BCUT2D eigenvalue weighted by molar-refractivity contribution is 9.10. The maximum Gasteiger partial charge on any atom is 0.336 e. The van der Waals surface area contributed by atoms with Crippen molar-refractivity contribution in [2.45, 2.75) is 6.92 Å². The summed E-state index contributed by atoms with van der Waals surface area (Å²) in [6.07, 6.45) is 3.16. The monoisotopic (exact) mass is 343 g/mol. The highest BCUT2D eigenvalue weighted by atomic mass is 79.9. The first-order chi connectivity index (χ1) is 10.1. The van der Waals surface area contributed by atoms with Crippen molar-refractivity contribution in [3.8, 4) is 11.4 Å². The first-order valence-corrected chi connectivity index (χ1v) is 6.97. The number of hydrogen-bond donors (Lipinski definition) is 1. The van der Waals surface area contributed by atoms with Gasteiger partial charge in [0, 0.05) is 22.3 Å². The van der Waals surface area contributed by atoms with E-state index in [1.807, 2.05) is 13.0 Å². The maximum atomic E-state index is 11.5. The molecule has 1 aromatic carbocycles. The lowest BCUT2D eigenvalue weighted by molar-refractivity contribution is 0.0699. The summed E-state index contributed by atoms with van der Waals surface area (Å²) < 4.78 is 0.808. The van der Waals surface area contributed by atoms with E-state index < -0.39 is 5.97 Å². The summed E-state index contributed by atoms with van der Waals surface area (Å²) in [6.45, 7) is 1.82. The van der Waals surface area contributed by atoms with Gasteiger partial charge in [-0.15, -0.1) is 0 Å². The third kappa shape index (κ3) is 2.50. The number of fused-ring (bicyclic) bond motifs is 1. The van der Waals surface area contributed by atoms with E-state index in [1.54, 1.807) is 24.5 Å². The van der Waals surface area contributed by atoms with Gasteiger partial charge in [-0.25, -0.2) is 9.78 Å². The zero-order valence-corrected chi connectivity index (χ0v) is 12.6. The van der Waals surface area contributed by atoms with E-state index in [1.165, 1.54) is 6.07 Å². The van der Waals surface area contributed by atoms with Gasteiger partial charge in [0.15, 0.2) is 0 Å². The summed E-state index contributed by atoms with van der Waals surface area (Å²) in [5, 5.41) is 10.0. The van der Waals surface area contributed by atoms with Crippen LogP contribution in [-0.4, -0.2) is 26.0 Å². The molecule has 0 saturated heterocycles. The van der Waals surface area contributed by atoms with E-state index >= 15 is 0 Å². The van der Waals surface area contributed by atoms with Gasteiger partial charge in [-0.05, 0) is 31.2 Å². The quantitative estimate of drug-likeness (QED) is 0.770. The van der Waals surface area contributed by atoms with Crippen molar-refractivity contribution in [2.24, 2.45) is 0 Å². The average Bonchev–Trinajstić information content (AvgIpc) is 2.46. The Bertz CT molecular complexity index is 865. The summed E-state index contributed by atoms with van der Waals surface area (Å²) in [4.78, 5) is 24.4. The molecule has 0 saturated carbocycles. The number of aryl methyl sites for hydroxylation is 1. The number of pyridine rings is 1. The predicted octanol–water partition coefficient (Wildman–Crippen LogP) is 3.46. The van der Waals surface area contributed by atoms with Crippen molar-refractivity contribution in [1.29, 1.82) is 0 Å². The van der Waals surface area contributed by atoms with Crippen LogP contribution in [0.2, 0.25) is 0 Å². The molecule has 0 fully saturated rings. The van der Waals surface area contributed by atoms with Gasteiger partial charge in [-0.1, -0.05) is 15.9 Å². The topological polar surface area (TPSA) is 76.0 Å². The number of halogens is 1. The summed E-state index contributed by atoms with van der Waals surface area (Å²) in [7, 11) is 0. The Morgan fingerprint density at radius 3 is 2.67 bits per heavy atom. The fraction of sp³-hybridized carbons (Fsp3) is 0.0667. The van der Waals surface area contributed by atoms with Crippen LogP contribution < -0.4 is 0 Å². The molecule has 3 aromatic rings. The molecule has 0 unspecified atom stereocenters. The minimum absolute atomic E-state index is 0.196. The van der Waals surface area contributed by atoms with Crippen LogP contribution in [0.3, 0.4) is 0 Å². The Labute approximate surface area is 128 Å². The third-order valence-corrected chi connectivity index (χ3v) is 3.62. The Balaban J connectivity index is 2.34. The largest absolute Gasteiger partial charge is 0.478 e. The molecule has 2 heterocycles. The second-order valence-corrected chi connectivity index (χ2v) is 5.43. The number of benzene rings is 1. The fourth-order valence-corrected chi connectivity index (χ4v) is 2.52. The molecule has 1 N–H and O–H groups in total. The zero-order chi connectivity index (χ0) is 15.0. The Morgan fingerprint density at radius 1 is 1.19 bits per heavy atom. The van der Waals surface area contributed by atoms with E-state index in [9.17, 15) is 9.90 Å². The Morgan fingerprint density at radius 2 is 1.95 bits per heavy atom. The van der Waals surface area contributed by atoms with Crippen LogP contribution in [0.5, 0.6) is 0 Å². The first-order valence-electron chi connectivity index (χ1n) is 6.18. The smallest absolute Gasteiger partial charge is 0.336 e. The molecule has 0 atom stereocenters. The molecular formula is C15H10BrN3O2. The molecule has 0 aliphatic rings. The normalized spacial score (nSPS) is 10.8. The SMILES string of the molecule is Cc1nccnc1-c1cc(C(=O)O)c2cc(Br)ccc2n1. The molecule has 21 heavy (non-hydrogen) atoms. The Kier molecular flexibility index (Phi) is 3.39. The van der Waals surface area contributed by atoms with Gasteiger partial charge in [0.2, 0.25) is 0 Å². The van der Waals surface area contributed by atoms with Gasteiger partial charge in [0.25, 0.3) is 0 Å². The van der Waals surface area contributed by atoms with E-state index in [4.69, 9.17) is 0 Å². The summed E-state index contributed by atoms with van der Waals surface area (Å²) >= 11 is 3.35. The molecule has 0 aliphatic heterocycles. The lowest BCUT2D eigenvalue weighted by Gasteiger charge is -2.08. The van der Waals surface area contributed by atoms with Crippen LogP contribution in [0.1, 0.15) is 16.1 Å². The van der Waals surface area contributed by atoms with Crippen molar-refractivity contribution >= 4 is 32.8 Å². The van der Waals surface area contributed by atoms with Crippen LogP contribution in [-0.2, 0) is 0 Å². The molecule has 2 aromatic heterocycles. The second kappa shape index (κ2) is 5.21. The van der Waals surface area contributed by atoms with Gasteiger partial charge in [-0.2, -0.15) is 0 Å². The molecule has 0 amide bonds. The van der Waals surface area contributed by atoms with Gasteiger partial charge < -0.3 is 5.11 Å². The Hall–Kier alpha value is -2.34. The van der Waals surface area contributed by atoms with E-state index in [-0.39, 0.29) is 5.56 Å². The van der Waals surface area contributed by atoms with Gasteiger partial charge in [-0.3, -0.25) is 9.97 Å². The molecule has 104 valence electrons. The number of carboxylic acid groups (broad SMARTS) is 1. The molecular weight excluding hydrogens is 334 g/mol. The molecule has 3 rings (SSSR count). The van der Waals surface area contributed by atoms with Crippen molar-refractivity contribution in [2.75, 3.05) is 0 Å². The minimum atomic E-state index is -0.997. The maximum absolute atomic E-state index is 11.5. The van der Waals surface area contributed by atoms with Crippen molar-refractivity contribution in [3.05, 3.63) is 52.4 Å². The highest BCUT2D eigenvalue weighted by Crippen LogP contribution is 2.27. The highest BCUT2D eigenvalue weighted by Gasteiger charge is 2.15. The van der Waals surface area contributed by atoms with Crippen LogP contribution in [0.4, 0.5) is 0 Å². The van der Waals surface area contributed by atoms with Crippen molar-refractivity contribution in [1.82, 2.24) is 15.0 Å². The number of aromatic carboxylic acids is 1. The lowest BCUT2D eigenvalue weighted by Crippen LogP contribution is -2.02. The number of carbonyl (C=O) groups is 1. The standard InChI is InChI=1S/C15H10BrN3O2/c1-8-14(18-5-4-17-8)13-7-11(15(20)21)10-6-9(16)2-3-12(10)19-13/h2-7H,1H3,(H,20,21). The van der Waals surface area contributed by atoms with E-state index in [0.29, 0.717) is 28.0 Å². The lowest BCUT2D eigenvalue weighted by atomic mass is 10.1. The van der Waals surface area contributed by atoms with Crippen LogP contribution in [0.15, 0.2) is 41.1 Å². The zero-order valence-electron chi connectivity index (χ0n) is 11.0. The molecule has 0 bridgehead atoms. The number of nitrogens with zero attached hydrogens (tertiary/aromatic N) is 3. The fourth-order valence-electron chi connectivity index (χ4n) is 2.16. The van der Waals surface area contributed by atoms with Crippen LogP contribution >= 0.6 is 15.9 Å². The first kappa shape index (κ1) is 13.6. The van der Waals surface area contributed by atoms with Crippen molar-refractivity contribution < 1.29 is 9.90 Å². The average molecular weight is 344 g/mol. The molecule has 5 nitrogen and oxygen atoms in total. The van der Waals surface area contributed by atoms with Gasteiger partial charge in [0.1, 0.15) is 5.69 Å². The second-order valence-electron chi connectivity index (χ2n) is 4.51. The third-order valence-electron chi connectivity index (χ3n) is 3.12. The summed E-state index contributed by atoms with van der Waals surface area (Å²) in [6, 6.07) is 6.89. The number of aromatic nitrogens is 3. The van der Waals surface area contributed by atoms with E-state index in [0.717, 1.165) is 4.47 Å². The summed E-state index contributed by atoms with van der Waals surface area (Å²) in [5.74, 6) is -0.997. The summed E-state index contributed by atoms with van der Waals surface area (Å²) in [5.41, 5.74) is 2.61. The van der Waals surface area contributed by atoms with Crippen molar-refractivity contribution in [3.63, 3.8) is 0 Å². The molecule has 0 spiro atoms. The molecule has 6 heteroatoms. The van der Waals surface area contributed by atoms with Crippen LogP contribution in [0.25, 0.3) is 22.3 Å². The molecule has 0 aliphatic carbocycles. The van der Waals surface area contributed by atoms with Crippen LogP contribution in [0, 0.1) is 6.92 Å².